The molecule has 0 aliphatic carbocycles. The van der Waals surface area contributed by atoms with Crippen molar-refractivity contribution in [1.29, 1.82) is 0 Å². The zero-order chi connectivity index (χ0) is 31.2. The lowest BCUT2D eigenvalue weighted by Crippen LogP contribution is -2.39. The predicted molar refractivity (Wildman–Crippen MR) is 170 cm³/mol. The zero-order valence-electron chi connectivity index (χ0n) is 24.2. The van der Waals surface area contributed by atoms with Gasteiger partial charge in [0.05, 0.1) is 39.2 Å². The van der Waals surface area contributed by atoms with Gasteiger partial charge in [0.1, 0.15) is 6.04 Å². The first-order valence-corrected chi connectivity index (χ1v) is 16.6. The fourth-order valence-electron chi connectivity index (χ4n) is 4.98. The van der Waals surface area contributed by atoms with Crippen LogP contribution in [0.1, 0.15) is 23.4 Å². The van der Waals surface area contributed by atoms with Crippen LogP contribution in [0.25, 0.3) is 23.0 Å². The number of nitrogens with zero attached hydrogens (tertiary/aromatic N) is 5. The number of esters is 1. The van der Waals surface area contributed by atoms with Crippen LogP contribution in [0.5, 0.6) is 0 Å². The van der Waals surface area contributed by atoms with Gasteiger partial charge in [-0.05, 0) is 48.7 Å². The number of carbonyl (C=O) groups excluding carboxylic acids is 1. The highest BCUT2D eigenvalue weighted by molar-refractivity contribution is 7.89. The molecule has 0 saturated carbocycles. The standard InChI is InChI=1S/C31H27N5O5S3/c1-19-26(30(38)41-4)28(24-11-8-16-42-24)36-29(37)25(43-31(36)32-19)17-21-18-35(22-9-6-5-7-10-22)33-27(21)20-12-14-23(15-13-20)44(39,40)34(2)3/h5-18,28H,1-4H3/b25-17+/t28-/m1/s1. The molecule has 0 fully saturated rings. The van der Waals surface area contributed by atoms with E-state index in [0.717, 1.165) is 14.9 Å². The third-order valence-corrected chi connectivity index (χ3v) is 10.9. The number of allylic oxidation sites excluding steroid dienone is 1. The first-order valence-electron chi connectivity index (χ1n) is 13.4. The minimum atomic E-state index is -3.61. The molecule has 5 aromatic rings. The number of sulfonamides is 1. The molecule has 0 N–H and O–H groups in total. The van der Waals surface area contributed by atoms with E-state index in [0.29, 0.717) is 37.4 Å². The van der Waals surface area contributed by atoms with Gasteiger partial charge in [0, 0.05) is 36.3 Å². The Morgan fingerprint density at radius 1 is 1.05 bits per heavy atom. The number of fused-ring (bicyclic) bond motifs is 1. The van der Waals surface area contributed by atoms with Gasteiger partial charge in [-0.2, -0.15) is 5.10 Å². The third-order valence-electron chi connectivity index (χ3n) is 7.20. The fraction of sp³-hybridized carbons (Fsp3) is 0.161. The average molecular weight is 646 g/mol. The number of benzene rings is 2. The molecule has 1 aliphatic rings. The van der Waals surface area contributed by atoms with Gasteiger partial charge in [0.15, 0.2) is 4.80 Å². The molecule has 0 unspecified atom stereocenters. The van der Waals surface area contributed by atoms with Gasteiger partial charge in [0.25, 0.3) is 5.56 Å². The zero-order valence-corrected chi connectivity index (χ0v) is 26.6. The van der Waals surface area contributed by atoms with Crippen LogP contribution in [-0.4, -0.2) is 54.2 Å². The summed E-state index contributed by atoms with van der Waals surface area (Å²) >= 11 is 2.67. The molecule has 44 heavy (non-hydrogen) atoms. The molecule has 10 nitrogen and oxygen atoms in total. The third kappa shape index (κ3) is 5.17. The second-order valence-corrected chi connectivity index (χ2v) is 14.3. The van der Waals surface area contributed by atoms with Crippen molar-refractivity contribution in [2.45, 2.75) is 17.9 Å². The summed E-state index contributed by atoms with van der Waals surface area (Å²) in [6.07, 6.45) is 3.59. The van der Waals surface area contributed by atoms with Crippen molar-refractivity contribution in [3.63, 3.8) is 0 Å². The topological polar surface area (TPSA) is 116 Å². The molecule has 0 spiro atoms. The molecule has 224 valence electrons. The minimum Gasteiger partial charge on any atom is -0.466 e. The van der Waals surface area contributed by atoms with E-state index in [4.69, 9.17) is 9.84 Å². The summed E-state index contributed by atoms with van der Waals surface area (Å²) in [6.45, 7) is 1.74. The maximum absolute atomic E-state index is 14.0. The Labute approximate surface area is 261 Å². The van der Waals surface area contributed by atoms with Crippen LogP contribution in [0.2, 0.25) is 0 Å². The largest absolute Gasteiger partial charge is 0.466 e. The van der Waals surface area contributed by atoms with Crippen molar-refractivity contribution in [3.8, 4) is 16.9 Å². The molecule has 0 bridgehead atoms. The van der Waals surface area contributed by atoms with E-state index in [1.165, 1.54) is 43.9 Å². The van der Waals surface area contributed by atoms with Crippen molar-refractivity contribution in [3.05, 3.63) is 120 Å². The molecule has 1 atom stereocenters. The van der Waals surface area contributed by atoms with E-state index in [1.807, 2.05) is 54.0 Å². The van der Waals surface area contributed by atoms with Crippen LogP contribution in [-0.2, 0) is 19.6 Å². The van der Waals surface area contributed by atoms with E-state index in [1.54, 1.807) is 46.5 Å². The van der Waals surface area contributed by atoms with Crippen LogP contribution in [0.15, 0.2) is 104 Å². The van der Waals surface area contributed by atoms with Crippen LogP contribution >= 0.6 is 22.7 Å². The molecular weight excluding hydrogens is 619 g/mol. The molecule has 13 heteroatoms. The summed E-state index contributed by atoms with van der Waals surface area (Å²) in [5.41, 5.74) is 3.22. The quantitative estimate of drug-likeness (QED) is 0.250. The Morgan fingerprint density at radius 2 is 1.77 bits per heavy atom. The Hall–Kier alpha value is -4.43. The van der Waals surface area contributed by atoms with Crippen molar-refractivity contribution < 1.29 is 17.9 Å². The van der Waals surface area contributed by atoms with Crippen molar-refractivity contribution in [1.82, 2.24) is 18.7 Å². The van der Waals surface area contributed by atoms with Crippen molar-refractivity contribution in [2.24, 2.45) is 4.99 Å². The van der Waals surface area contributed by atoms with Gasteiger partial charge in [-0.3, -0.25) is 9.36 Å². The number of hydrogen-bond acceptors (Lipinski definition) is 9. The lowest BCUT2D eigenvalue weighted by atomic mass is 10.0. The van der Waals surface area contributed by atoms with Gasteiger partial charge in [-0.25, -0.2) is 27.2 Å². The summed E-state index contributed by atoms with van der Waals surface area (Å²) in [5, 5.41) is 6.73. The maximum atomic E-state index is 14.0. The van der Waals surface area contributed by atoms with Gasteiger partial charge in [-0.15, -0.1) is 11.3 Å². The monoisotopic (exact) mass is 645 g/mol. The second kappa shape index (κ2) is 11.6. The SMILES string of the molecule is COC(=O)C1=C(C)N=c2s/c(=C/c3cn(-c4ccccc4)nc3-c3ccc(S(=O)(=O)N(C)C)cc3)c(=O)n2[C@@H]1c1cccs1. The number of hydrogen-bond donors (Lipinski definition) is 0. The number of rotatable bonds is 7. The smallest absolute Gasteiger partial charge is 0.338 e. The summed E-state index contributed by atoms with van der Waals surface area (Å²) in [7, 11) is 0.670. The Morgan fingerprint density at radius 3 is 2.41 bits per heavy atom. The first kappa shape index (κ1) is 29.6. The number of thiophene rings is 1. The molecule has 3 aromatic heterocycles. The Balaban J connectivity index is 1.54. The number of carbonyl (C=O) groups is 1. The second-order valence-electron chi connectivity index (χ2n) is 10.1. The lowest BCUT2D eigenvalue weighted by molar-refractivity contribution is -0.136. The van der Waals surface area contributed by atoms with Gasteiger partial charge < -0.3 is 4.74 Å². The van der Waals surface area contributed by atoms with Crippen molar-refractivity contribution in [2.75, 3.05) is 21.2 Å². The molecule has 0 radical (unpaired) electrons. The van der Waals surface area contributed by atoms with E-state index in [-0.39, 0.29) is 10.5 Å². The van der Waals surface area contributed by atoms with E-state index < -0.39 is 22.0 Å². The Bertz CT molecular complexity index is 2190. The average Bonchev–Trinajstić information content (AvgIpc) is 3.77. The highest BCUT2D eigenvalue weighted by Gasteiger charge is 2.33. The molecule has 0 amide bonds. The minimum absolute atomic E-state index is 0.161. The normalized spacial score (nSPS) is 15.4. The van der Waals surface area contributed by atoms with Crippen LogP contribution in [0, 0.1) is 0 Å². The van der Waals surface area contributed by atoms with Gasteiger partial charge in [-0.1, -0.05) is 47.7 Å². The van der Waals surface area contributed by atoms with Crippen molar-refractivity contribution >= 4 is 44.7 Å². The van der Waals surface area contributed by atoms with Crippen LogP contribution in [0.4, 0.5) is 0 Å². The van der Waals surface area contributed by atoms with Gasteiger partial charge >= 0.3 is 5.97 Å². The highest BCUT2D eigenvalue weighted by Crippen LogP contribution is 2.33. The Kier molecular flexibility index (Phi) is 7.80. The maximum Gasteiger partial charge on any atom is 0.338 e. The summed E-state index contributed by atoms with van der Waals surface area (Å²) in [5.74, 6) is -0.537. The summed E-state index contributed by atoms with van der Waals surface area (Å²) in [6, 6.07) is 19.1. The first-order chi connectivity index (χ1) is 21.1. The number of para-hydroxylation sites is 1. The molecule has 1 aliphatic heterocycles. The highest BCUT2D eigenvalue weighted by atomic mass is 32.2. The predicted octanol–water partition coefficient (Wildman–Crippen LogP) is 3.57. The molecule has 2 aromatic carbocycles. The molecular formula is C31H27N5O5S3. The fourth-order valence-corrected chi connectivity index (χ4v) is 7.74. The number of ether oxygens (including phenoxy) is 1. The number of methoxy groups -OCH3 is 1. The molecule has 0 saturated heterocycles. The van der Waals surface area contributed by atoms with Crippen LogP contribution < -0.4 is 14.9 Å². The van der Waals surface area contributed by atoms with Gasteiger partial charge in [0.2, 0.25) is 10.0 Å². The summed E-state index contributed by atoms with van der Waals surface area (Å²) < 4.78 is 35.2. The number of aromatic nitrogens is 3. The number of thiazole rings is 1. The van der Waals surface area contributed by atoms with E-state index >= 15 is 0 Å². The molecule has 6 rings (SSSR count). The lowest BCUT2D eigenvalue weighted by Gasteiger charge is -2.22. The molecule has 4 heterocycles. The van der Waals surface area contributed by atoms with E-state index in [2.05, 4.69) is 4.99 Å². The van der Waals surface area contributed by atoms with Crippen LogP contribution in [0.3, 0.4) is 0 Å². The van der Waals surface area contributed by atoms with E-state index in [9.17, 15) is 18.0 Å². The summed E-state index contributed by atoms with van der Waals surface area (Å²) in [4.78, 5) is 33.0.